The van der Waals surface area contributed by atoms with Crippen molar-refractivity contribution < 1.29 is 18.7 Å². The van der Waals surface area contributed by atoms with Gasteiger partial charge in [0.15, 0.2) is 5.60 Å². The lowest BCUT2D eigenvalue weighted by atomic mass is 9.96. The van der Waals surface area contributed by atoms with Gasteiger partial charge < -0.3 is 9.47 Å². The summed E-state index contributed by atoms with van der Waals surface area (Å²) in [6.45, 7) is 1.66. The number of esters is 1. The van der Waals surface area contributed by atoms with Crippen LogP contribution in [0, 0.1) is 18.2 Å². The Labute approximate surface area is 157 Å². The maximum atomic E-state index is 13.0. The summed E-state index contributed by atoms with van der Waals surface area (Å²) in [7, 11) is 0. The predicted octanol–water partition coefficient (Wildman–Crippen LogP) is 5.32. The van der Waals surface area contributed by atoms with E-state index in [4.69, 9.17) is 15.9 Å². The first-order valence-corrected chi connectivity index (χ1v) is 8.30. The molecule has 4 heteroatoms. The van der Waals surface area contributed by atoms with E-state index in [-0.39, 0.29) is 5.82 Å². The molecule has 0 amide bonds. The number of rotatable bonds is 5. The third-order valence-electron chi connectivity index (χ3n) is 4.04. The number of benzene rings is 3. The van der Waals surface area contributed by atoms with Crippen molar-refractivity contribution in [3.63, 3.8) is 0 Å². The Morgan fingerprint density at radius 3 is 2.04 bits per heavy atom. The summed E-state index contributed by atoms with van der Waals surface area (Å²) in [5.74, 6) is 2.78. The average Bonchev–Trinajstić information content (AvgIpc) is 2.71. The molecule has 0 N–H and O–H groups in total. The topological polar surface area (TPSA) is 35.5 Å². The minimum absolute atomic E-state index is 0.331. The molecule has 27 heavy (non-hydrogen) atoms. The molecular weight excluding hydrogens is 343 g/mol. The van der Waals surface area contributed by atoms with Crippen molar-refractivity contribution in [1.29, 1.82) is 0 Å². The van der Waals surface area contributed by atoms with Gasteiger partial charge in [0, 0.05) is 5.56 Å². The number of hydrogen-bond donors (Lipinski definition) is 0. The molecule has 0 aromatic heterocycles. The molecule has 0 aliphatic carbocycles. The van der Waals surface area contributed by atoms with E-state index in [1.807, 2.05) is 6.07 Å². The van der Waals surface area contributed by atoms with E-state index in [0.717, 1.165) is 0 Å². The predicted molar refractivity (Wildman–Crippen MR) is 101 cm³/mol. The number of carbonyl (C=O) groups is 1. The molecule has 134 valence electrons. The molecule has 3 rings (SSSR count). The van der Waals surface area contributed by atoms with E-state index in [9.17, 15) is 9.18 Å². The van der Waals surface area contributed by atoms with Crippen molar-refractivity contribution in [3.8, 4) is 23.8 Å². The molecule has 1 atom stereocenters. The second kappa shape index (κ2) is 7.76. The van der Waals surface area contributed by atoms with Gasteiger partial charge in [0.2, 0.25) is 0 Å². The highest BCUT2D eigenvalue weighted by Gasteiger charge is 2.29. The maximum Gasteiger partial charge on any atom is 0.339 e. The summed E-state index contributed by atoms with van der Waals surface area (Å²) in [5.41, 5.74) is -0.155. The van der Waals surface area contributed by atoms with E-state index in [1.54, 1.807) is 55.5 Å². The normalized spacial score (nSPS) is 12.5. The zero-order valence-electron chi connectivity index (χ0n) is 14.7. The highest BCUT2D eigenvalue weighted by molar-refractivity contribution is 5.89. The van der Waals surface area contributed by atoms with Crippen molar-refractivity contribution in [2.45, 2.75) is 12.5 Å². The second-order valence-corrected chi connectivity index (χ2v) is 6.01. The molecule has 0 aliphatic rings. The van der Waals surface area contributed by atoms with Crippen molar-refractivity contribution in [2.24, 2.45) is 0 Å². The fraction of sp³-hybridized carbons (Fsp3) is 0.0870. The van der Waals surface area contributed by atoms with Gasteiger partial charge in [-0.2, -0.15) is 0 Å². The Morgan fingerprint density at radius 2 is 1.48 bits per heavy atom. The molecule has 0 spiro atoms. The summed E-state index contributed by atoms with van der Waals surface area (Å²) in [5, 5.41) is 0. The molecule has 3 nitrogen and oxygen atoms in total. The standard InChI is InChI=1S/C23H17FO3/c1-3-23(2,27-22(25)17-7-5-4-6-8-17)18-9-13-20(14-10-18)26-21-15-11-19(24)12-16-21/h1,4-16H,2H3. The Balaban J connectivity index is 1.76. The molecule has 3 aromatic carbocycles. The lowest BCUT2D eigenvalue weighted by molar-refractivity contribution is 0.0129. The van der Waals surface area contributed by atoms with Crippen molar-refractivity contribution in [1.82, 2.24) is 0 Å². The molecule has 0 heterocycles. The molecule has 0 radical (unpaired) electrons. The molecule has 3 aromatic rings. The van der Waals surface area contributed by atoms with Crippen LogP contribution >= 0.6 is 0 Å². The summed E-state index contributed by atoms with van der Waals surface area (Å²) >= 11 is 0. The van der Waals surface area contributed by atoms with Crippen LogP contribution in [0.2, 0.25) is 0 Å². The van der Waals surface area contributed by atoms with Crippen LogP contribution in [0.4, 0.5) is 4.39 Å². The van der Waals surface area contributed by atoms with Gasteiger partial charge in [0.1, 0.15) is 17.3 Å². The van der Waals surface area contributed by atoms with Crippen LogP contribution < -0.4 is 4.74 Å². The zero-order valence-corrected chi connectivity index (χ0v) is 14.7. The van der Waals surface area contributed by atoms with Crippen LogP contribution in [0.15, 0.2) is 78.9 Å². The lowest BCUT2D eigenvalue weighted by Gasteiger charge is -2.24. The van der Waals surface area contributed by atoms with Gasteiger partial charge >= 0.3 is 5.97 Å². The number of carbonyl (C=O) groups excluding carboxylic acids is 1. The summed E-state index contributed by atoms with van der Waals surface area (Å²) in [6.07, 6.45) is 5.65. The number of hydrogen-bond acceptors (Lipinski definition) is 3. The molecule has 0 saturated carbocycles. The number of halogens is 1. The summed E-state index contributed by atoms with van der Waals surface area (Å²) in [6, 6.07) is 21.3. The van der Waals surface area contributed by atoms with Gasteiger partial charge in [-0.3, -0.25) is 0 Å². The molecule has 0 aliphatic heterocycles. The largest absolute Gasteiger partial charge is 0.457 e. The fourth-order valence-corrected chi connectivity index (χ4v) is 2.47. The van der Waals surface area contributed by atoms with Gasteiger partial charge in [0.05, 0.1) is 5.56 Å². The molecule has 0 saturated heterocycles. The van der Waals surface area contributed by atoms with E-state index in [1.165, 1.54) is 24.3 Å². The zero-order chi connectivity index (χ0) is 19.3. The minimum atomic E-state index is -1.22. The molecule has 0 bridgehead atoms. The molecule has 1 unspecified atom stereocenters. The van der Waals surface area contributed by atoms with Crippen LogP contribution in [0.1, 0.15) is 22.8 Å². The Bertz CT molecular complexity index is 957. The van der Waals surface area contributed by atoms with Gasteiger partial charge in [0.25, 0.3) is 0 Å². The SMILES string of the molecule is C#CC(C)(OC(=O)c1ccccc1)c1ccc(Oc2ccc(F)cc2)cc1. The van der Waals surface area contributed by atoms with E-state index in [2.05, 4.69) is 5.92 Å². The Morgan fingerprint density at radius 1 is 0.926 bits per heavy atom. The number of ether oxygens (including phenoxy) is 2. The third-order valence-corrected chi connectivity index (χ3v) is 4.04. The van der Waals surface area contributed by atoms with Crippen molar-refractivity contribution in [2.75, 3.05) is 0 Å². The minimum Gasteiger partial charge on any atom is -0.457 e. The summed E-state index contributed by atoms with van der Waals surface area (Å²) < 4.78 is 24.2. The van der Waals surface area contributed by atoms with Gasteiger partial charge in [-0.15, -0.1) is 6.42 Å². The van der Waals surface area contributed by atoms with Crippen LogP contribution in [-0.4, -0.2) is 5.97 Å². The lowest BCUT2D eigenvalue weighted by Crippen LogP contribution is -2.27. The third kappa shape index (κ3) is 4.34. The van der Waals surface area contributed by atoms with E-state index < -0.39 is 11.6 Å². The highest BCUT2D eigenvalue weighted by Crippen LogP contribution is 2.29. The first-order valence-electron chi connectivity index (χ1n) is 8.30. The first kappa shape index (κ1) is 18.2. The molecular formula is C23H17FO3. The van der Waals surface area contributed by atoms with Gasteiger partial charge in [-0.1, -0.05) is 36.3 Å². The van der Waals surface area contributed by atoms with Crippen LogP contribution in [0.5, 0.6) is 11.5 Å². The summed E-state index contributed by atoms with van der Waals surface area (Å²) in [4.78, 5) is 12.4. The van der Waals surface area contributed by atoms with Crippen LogP contribution in [-0.2, 0) is 10.3 Å². The second-order valence-electron chi connectivity index (χ2n) is 6.01. The highest BCUT2D eigenvalue weighted by atomic mass is 19.1. The van der Waals surface area contributed by atoms with E-state index in [0.29, 0.717) is 22.6 Å². The average molecular weight is 360 g/mol. The van der Waals surface area contributed by atoms with Crippen LogP contribution in [0.25, 0.3) is 0 Å². The Kier molecular flexibility index (Phi) is 5.23. The quantitative estimate of drug-likeness (QED) is 0.456. The maximum absolute atomic E-state index is 13.0. The van der Waals surface area contributed by atoms with Crippen molar-refractivity contribution in [3.05, 3.63) is 95.8 Å². The number of terminal acetylenes is 1. The first-order chi connectivity index (χ1) is 13.0. The van der Waals surface area contributed by atoms with Crippen molar-refractivity contribution >= 4 is 5.97 Å². The smallest absolute Gasteiger partial charge is 0.339 e. The Hall–Kier alpha value is -3.58. The van der Waals surface area contributed by atoms with Gasteiger partial charge in [-0.05, 0) is 55.5 Å². The van der Waals surface area contributed by atoms with Crippen LogP contribution in [0.3, 0.4) is 0 Å². The monoisotopic (exact) mass is 360 g/mol. The van der Waals surface area contributed by atoms with Gasteiger partial charge in [-0.25, -0.2) is 9.18 Å². The fourth-order valence-electron chi connectivity index (χ4n) is 2.47. The molecule has 0 fully saturated rings. The van der Waals surface area contributed by atoms with E-state index >= 15 is 0 Å².